The third-order valence-corrected chi connectivity index (χ3v) is 6.34. The molecule has 12 heteroatoms. The Morgan fingerprint density at radius 1 is 1.12 bits per heavy atom. The highest BCUT2D eigenvalue weighted by molar-refractivity contribution is 5.97. The number of benzene rings is 1. The van der Waals surface area contributed by atoms with Crippen LogP contribution in [-0.4, -0.2) is 71.4 Å². The normalized spacial score (nSPS) is 13.0. The molecule has 0 saturated heterocycles. The van der Waals surface area contributed by atoms with E-state index in [9.17, 15) is 24.0 Å². The highest BCUT2D eigenvalue weighted by atomic mass is 16.5. The fraction of sp³-hybridized carbons (Fsp3) is 0.484. The zero-order chi connectivity index (χ0) is 31.2. The summed E-state index contributed by atoms with van der Waals surface area (Å²) in [7, 11) is 1.50. The van der Waals surface area contributed by atoms with Crippen LogP contribution in [0, 0.1) is 12.8 Å². The number of nitrogens with zero attached hydrogens (tertiary/aromatic N) is 2. The molecule has 12 nitrogen and oxygen atoms in total. The van der Waals surface area contributed by atoms with Gasteiger partial charge >= 0.3 is 5.97 Å². The minimum Gasteiger partial charge on any atom is -0.463 e. The van der Waals surface area contributed by atoms with Gasteiger partial charge in [-0.05, 0) is 38.2 Å². The molecule has 0 radical (unpaired) electrons. The molecule has 4 amide bonds. The Hall–Kier alpha value is -4.48. The van der Waals surface area contributed by atoms with Crippen molar-refractivity contribution >= 4 is 29.6 Å². The average Bonchev–Trinajstić information content (AvgIpc) is 3.38. The van der Waals surface area contributed by atoms with Gasteiger partial charge in [-0.15, -0.1) is 0 Å². The summed E-state index contributed by atoms with van der Waals surface area (Å²) in [5, 5.41) is 9.29. The number of likely N-dealkylation sites (N-methyl/N-ethyl adjacent to an activating group) is 1. The topological polar surface area (TPSA) is 174 Å². The predicted octanol–water partition coefficient (Wildman–Crippen LogP) is 2.70. The van der Waals surface area contributed by atoms with Crippen LogP contribution in [0.1, 0.15) is 69.3 Å². The molecule has 2 aromatic rings. The molecule has 236 valence electrons. The van der Waals surface area contributed by atoms with E-state index in [4.69, 9.17) is 15.0 Å². The quantitative estimate of drug-likeness (QED) is 0.195. The second-order valence-electron chi connectivity index (χ2n) is 10.4. The molecule has 0 spiro atoms. The minimum absolute atomic E-state index is 0. The second kappa shape index (κ2) is 18.1. The highest BCUT2D eigenvalue weighted by Crippen LogP contribution is 2.15. The molecular formula is C31H45N5O7. The Morgan fingerprint density at radius 2 is 1.79 bits per heavy atom. The molecule has 0 unspecified atom stereocenters. The summed E-state index contributed by atoms with van der Waals surface area (Å²) in [6, 6.07) is 7.96. The lowest BCUT2D eigenvalue weighted by molar-refractivity contribution is -0.140. The van der Waals surface area contributed by atoms with E-state index in [1.807, 2.05) is 44.2 Å². The van der Waals surface area contributed by atoms with Crippen molar-refractivity contribution in [3.05, 3.63) is 65.6 Å². The van der Waals surface area contributed by atoms with Crippen molar-refractivity contribution in [1.29, 1.82) is 0 Å². The van der Waals surface area contributed by atoms with Crippen molar-refractivity contribution in [3.63, 3.8) is 0 Å². The van der Waals surface area contributed by atoms with Crippen molar-refractivity contribution in [3.8, 4) is 0 Å². The van der Waals surface area contributed by atoms with Crippen LogP contribution < -0.4 is 16.4 Å². The van der Waals surface area contributed by atoms with Gasteiger partial charge in [0.05, 0.1) is 6.61 Å². The van der Waals surface area contributed by atoms with Crippen LogP contribution in [0.15, 0.2) is 53.1 Å². The standard InChI is InChI=1S/C30H41N5O7.CH4/c1-6-41-27(37)15-13-22(12-14-26(31)36)32-29(39)25(18-21-10-8-7-9-11-21)35(5)30(40)24(16-19(2)3)33-28(38)23-17-20(4)42-34-23;/h7-11,13,15,17,19,22,24-25H,6,12,14,16,18H2,1-5H3,(H2,31,36)(H,32,39)(H,33,38);1H4/b15-13+;/t22-,24-,25-;/m0./s1. The maximum atomic E-state index is 13.8. The number of nitrogens with one attached hydrogen (secondary N) is 2. The second-order valence-corrected chi connectivity index (χ2v) is 10.4. The van der Waals surface area contributed by atoms with E-state index in [-0.39, 0.29) is 44.9 Å². The SMILES string of the molecule is C.CCOC(=O)/C=C/[C@H](CCC(N)=O)NC(=O)[C@H](Cc1ccccc1)N(C)C(=O)[C@H](CC(C)C)NC(=O)c1cc(C)on1. The number of aryl methyl sites for hydroxylation is 1. The third kappa shape index (κ3) is 12.5. The molecule has 0 aliphatic rings. The van der Waals surface area contributed by atoms with Crippen LogP contribution in [0.25, 0.3) is 0 Å². The Morgan fingerprint density at radius 3 is 2.35 bits per heavy atom. The van der Waals surface area contributed by atoms with Gasteiger partial charge in [0, 0.05) is 38.1 Å². The number of aromatic nitrogens is 1. The smallest absolute Gasteiger partial charge is 0.330 e. The Bertz CT molecular complexity index is 1240. The van der Waals surface area contributed by atoms with Gasteiger partial charge in [0.2, 0.25) is 17.7 Å². The molecular weight excluding hydrogens is 554 g/mol. The summed E-state index contributed by atoms with van der Waals surface area (Å²) in [4.78, 5) is 65.1. The largest absolute Gasteiger partial charge is 0.463 e. The lowest BCUT2D eigenvalue weighted by Gasteiger charge is -2.32. The summed E-state index contributed by atoms with van der Waals surface area (Å²) in [6.07, 6.45) is 3.19. The van der Waals surface area contributed by atoms with Gasteiger partial charge < -0.3 is 30.5 Å². The van der Waals surface area contributed by atoms with Crippen molar-refractivity contribution < 1.29 is 33.2 Å². The third-order valence-electron chi connectivity index (χ3n) is 6.34. The van der Waals surface area contributed by atoms with E-state index in [0.717, 1.165) is 5.56 Å². The molecule has 0 saturated carbocycles. The van der Waals surface area contributed by atoms with Crippen LogP contribution in [0.4, 0.5) is 0 Å². The van der Waals surface area contributed by atoms with Crippen LogP contribution in [0.2, 0.25) is 0 Å². The van der Waals surface area contributed by atoms with Gasteiger partial charge in [-0.1, -0.05) is 62.8 Å². The van der Waals surface area contributed by atoms with Crippen LogP contribution in [0.5, 0.6) is 0 Å². The summed E-state index contributed by atoms with van der Waals surface area (Å²) < 4.78 is 9.90. The first kappa shape index (κ1) is 36.5. The number of carbonyl (C=O) groups excluding carboxylic acids is 5. The van der Waals surface area contributed by atoms with Crippen molar-refractivity contribution in [2.45, 2.75) is 78.9 Å². The Labute approximate surface area is 253 Å². The maximum absolute atomic E-state index is 13.8. The first-order valence-electron chi connectivity index (χ1n) is 13.9. The first-order chi connectivity index (χ1) is 19.9. The molecule has 43 heavy (non-hydrogen) atoms. The first-order valence-corrected chi connectivity index (χ1v) is 13.9. The number of rotatable bonds is 16. The highest BCUT2D eigenvalue weighted by Gasteiger charge is 2.34. The van der Waals surface area contributed by atoms with Crippen LogP contribution in [0.3, 0.4) is 0 Å². The average molecular weight is 600 g/mol. The molecule has 0 fully saturated rings. The minimum atomic E-state index is -0.993. The van der Waals surface area contributed by atoms with Gasteiger partial charge in [0.25, 0.3) is 5.91 Å². The summed E-state index contributed by atoms with van der Waals surface area (Å²) >= 11 is 0. The lowest BCUT2D eigenvalue weighted by atomic mass is 9.99. The number of hydrogen-bond acceptors (Lipinski definition) is 8. The predicted molar refractivity (Wildman–Crippen MR) is 162 cm³/mol. The number of amides is 4. The van der Waals surface area contributed by atoms with E-state index in [2.05, 4.69) is 15.8 Å². The lowest BCUT2D eigenvalue weighted by Crippen LogP contribution is -2.56. The number of carbonyl (C=O) groups is 5. The molecule has 1 aromatic heterocycles. The van der Waals surface area contributed by atoms with Crippen molar-refractivity contribution in [2.24, 2.45) is 11.7 Å². The number of ether oxygens (including phenoxy) is 1. The van der Waals surface area contributed by atoms with Crippen molar-refractivity contribution in [2.75, 3.05) is 13.7 Å². The zero-order valence-electron chi connectivity index (χ0n) is 24.8. The Kier molecular flexibility index (Phi) is 15.4. The van der Waals surface area contributed by atoms with Gasteiger partial charge in [-0.3, -0.25) is 19.2 Å². The van der Waals surface area contributed by atoms with Crippen LogP contribution >= 0.6 is 0 Å². The fourth-order valence-electron chi connectivity index (χ4n) is 4.22. The number of esters is 1. The van der Waals surface area contributed by atoms with E-state index >= 15 is 0 Å². The molecule has 0 aliphatic carbocycles. The number of primary amides is 1. The molecule has 1 heterocycles. The number of hydrogen-bond donors (Lipinski definition) is 3. The molecule has 1 aromatic carbocycles. The monoisotopic (exact) mass is 599 g/mol. The molecule has 0 aliphatic heterocycles. The zero-order valence-corrected chi connectivity index (χ0v) is 24.8. The van der Waals surface area contributed by atoms with Gasteiger partial charge in [0.15, 0.2) is 5.69 Å². The maximum Gasteiger partial charge on any atom is 0.330 e. The molecule has 0 bridgehead atoms. The van der Waals surface area contributed by atoms with Gasteiger partial charge in [0.1, 0.15) is 17.8 Å². The summed E-state index contributed by atoms with van der Waals surface area (Å²) in [5.41, 5.74) is 6.16. The summed E-state index contributed by atoms with van der Waals surface area (Å²) in [6.45, 7) is 7.33. The van der Waals surface area contributed by atoms with Crippen LogP contribution in [-0.2, 0) is 30.3 Å². The van der Waals surface area contributed by atoms with E-state index in [1.165, 1.54) is 30.2 Å². The Balaban J connectivity index is 0.00000924. The molecule has 2 rings (SSSR count). The van der Waals surface area contributed by atoms with E-state index in [1.54, 1.807) is 13.8 Å². The van der Waals surface area contributed by atoms with Gasteiger partial charge in [-0.2, -0.15) is 0 Å². The number of nitrogens with two attached hydrogens (primary N) is 1. The molecule has 4 N–H and O–H groups in total. The summed E-state index contributed by atoms with van der Waals surface area (Å²) in [5.74, 6) is -2.23. The van der Waals surface area contributed by atoms with E-state index < -0.39 is 47.7 Å². The van der Waals surface area contributed by atoms with Gasteiger partial charge in [-0.25, -0.2) is 4.79 Å². The van der Waals surface area contributed by atoms with Crippen molar-refractivity contribution in [1.82, 2.24) is 20.7 Å². The van der Waals surface area contributed by atoms with E-state index in [0.29, 0.717) is 12.2 Å². The molecule has 3 atom stereocenters. The fourth-order valence-corrected chi connectivity index (χ4v) is 4.22.